The van der Waals surface area contributed by atoms with Crippen LogP contribution in [0, 0.1) is 0 Å². The van der Waals surface area contributed by atoms with Gasteiger partial charge in [-0.25, -0.2) is 4.98 Å². The third kappa shape index (κ3) is 4.38. The maximum Gasteiger partial charge on any atom is 0.417 e. The van der Waals surface area contributed by atoms with E-state index in [4.69, 9.17) is 4.74 Å². The van der Waals surface area contributed by atoms with Crippen LogP contribution < -0.4 is 4.74 Å². The fourth-order valence-corrected chi connectivity index (χ4v) is 2.90. The molecule has 2 aromatic rings. The van der Waals surface area contributed by atoms with E-state index in [-0.39, 0.29) is 12.0 Å². The van der Waals surface area contributed by atoms with Crippen LogP contribution in [0.25, 0.3) is 0 Å². The van der Waals surface area contributed by atoms with Crippen LogP contribution in [-0.4, -0.2) is 38.7 Å². The van der Waals surface area contributed by atoms with Crippen molar-refractivity contribution in [3.05, 3.63) is 35.0 Å². The zero-order valence-corrected chi connectivity index (χ0v) is 13.0. The maximum atomic E-state index is 12.5. The first-order valence-electron chi connectivity index (χ1n) is 7.19. The van der Waals surface area contributed by atoms with Crippen molar-refractivity contribution in [2.75, 3.05) is 13.1 Å². The Hall–Kier alpha value is -1.74. The summed E-state index contributed by atoms with van der Waals surface area (Å²) in [5.74, 6) is 0.236. The molecule has 0 aromatic carbocycles. The number of rotatable bonds is 4. The van der Waals surface area contributed by atoms with Crippen LogP contribution in [0.15, 0.2) is 23.7 Å². The van der Waals surface area contributed by atoms with Gasteiger partial charge in [0.2, 0.25) is 5.88 Å². The smallest absolute Gasteiger partial charge is 0.417 e. The third-order valence-electron chi connectivity index (χ3n) is 3.68. The molecule has 2 aromatic heterocycles. The molecule has 3 heterocycles. The third-order valence-corrected chi connectivity index (χ3v) is 4.23. The predicted molar refractivity (Wildman–Crippen MR) is 78.1 cm³/mol. The van der Waals surface area contributed by atoms with Crippen molar-refractivity contribution in [2.45, 2.75) is 31.7 Å². The molecule has 1 saturated heterocycles. The average molecular weight is 344 g/mol. The Morgan fingerprint density at radius 1 is 1.26 bits per heavy atom. The molecule has 5 nitrogen and oxygen atoms in total. The summed E-state index contributed by atoms with van der Waals surface area (Å²) in [6.07, 6.45) is -1.98. The summed E-state index contributed by atoms with van der Waals surface area (Å²) in [7, 11) is 0. The summed E-state index contributed by atoms with van der Waals surface area (Å²) in [5, 5.41) is 5.94. The number of nitrogens with zero attached hydrogens (tertiary/aromatic N) is 4. The Bertz CT molecular complexity index is 610. The van der Waals surface area contributed by atoms with E-state index in [0.717, 1.165) is 50.4 Å². The monoisotopic (exact) mass is 344 g/mol. The molecular formula is C14H15F3N4OS. The largest absolute Gasteiger partial charge is 0.474 e. The molecule has 1 fully saturated rings. The minimum absolute atomic E-state index is 0.0240. The van der Waals surface area contributed by atoms with Crippen LogP contribution in [0.1, 0.15) is 24.1 Å². The maximum absolute atomic E-state index is 12.5. The van der Waals surface area contributed by atoms with Crippen LogP contribution in [0.3, 0.4) is 0 Å². The summed E-state index contributed by atoms with van der Waals surface area (Å²) >= 11 is 1.33. The Balaban J connectivity index is 1.48. The van der Waals surface area contributed by atoms with Gasteiger partial charge in [-0.1, -0.05) is 4.49 Å². The number of ether oxygens (including phenoxy) is 1. The van der Waals surface area contributed by atoms with E-state index in [1.807, 2.05) is 5.38 Å². The average Bonchev–Trinajstić information content (AvgIpc) is 3.02. The first-order chi connectivity index (χ1) is 11.0. The summed E-state index contributed by atoms with van der Waals surface area (Å²) in [5.41, 5.74) is 0.190. The van der Waals surface area contributed by atoms with Crippen LogP contribution in [0.2, 0.25) is 0 Å². The Morgan fingerprint density at radius 3 is 2.61 bits per heavy atom. The fraction of sp³-hybridized carbons (Fsp3) is 0.500. The van der Waals surface area contributed by atoms with E-state index in [0.29, 0.717) is 0 Å². The van der Waals surface area contributed by atoms with Gasteiger partial charge in [0.15, 0.2) is 0 Å². The standard InChI is InChI=1S/C14H15F3N4OS/c15-14(16,17)10-1-2-13(18-7-10)22-12-3-5-21(6-4-12)8-11-9-23-20-19-11/h1-2,7,9,12H,3-6,8H2. The lowest BCUT2D eigenvalue weighted by molar-refractivity contribution is -0.137. The van der Waals surface area contributed by atoms with E-state index < -0.39 is 11.7 Å². The zero-order valence-electron chi connectivity index (χ0n) is 12.2. The number of aromatic nitrogens is 3. The molecular weight excluding hydrogens is 329 g/mol. The Labute approximate surface area is 135 Å². The number of alkyl halides is 3. The summed E-state index contributed by atoms with van der Waals surface area (Å²) in [4.78, 5) is 6.01. The minimum atomic E-state index is -4.37. The molecule has 23 heavy (non-hydrogen) atoms. The fourth-order valence-electron chi connectivity index (χ4n) is 2.46. The summed E-state index contributed by atoms with van der Waals surface area (Å²) in [6.45, 7) is 2.47. The highest BCUT2D eigenvalue weighted by Gasteiger charge is 2.31. The molecule has 0 amide bonds. The molecule has 124 valence electrons. The molecule has 0 atom stereocenters. The first-order valence-corrected chi connectivity index (χ1v) is 8.02. The lowest BCUT2D eigenvalue weighted by atomic mass is 10.1. The van der Waals surface area contributed by atoms with Crippen LogP contribution >= 0.6 is 11.5 Å². The van der Waals surface area contributed by atoms with Gasteiger partial charge in [0.25, 0.3) is 0 Å². The number of hydrogen-bond acceptors (Lipinski definition) is 6. The second kappa shape index (κ2) is 6.79. The second-order valence-corrected chi connectivity index (χ2v) is 5.98. The molecule has 0 saturated carbocycles. The highest BCUT2D eigenvalue weighted by Crippen LogP contribution is 2.29. The van der Waals surface area contributed by atoms with Crippen molar-refractivity contribution >= 4 is 11.5 Å². The topological polar surface area (TPSA) is 51.1 Å². The van der Waals surface area contributed by atoms with Crippen molar-refractivity contribution in [1.29, 1.82) is 0 Å². The van der Waals surface area contributed by atoms with Crippen LogP contribution in [-0.2, 0) is 12.7 Å². The Morgan fingerprint density at radius 2 is 2.04 bits per heavy atom. The van der Waals surface area contributed by atoms with E-state index in [1.54, 1.807) is 0 Å². The van der Waals surface area contributed by atoms with E-state index in [1.165, 1.54) is 17.6 Å². The number of pyridine rings is 1. The van der Waals surface area contributed by atoms with Crippen molar-refractivity contribution in [3.8, 4) is 5.88 Å². The highest BCUT2D eigenvalue weighted by atomic mass is 32.1. The Kier molecular flexibility index (Phi) is 4.76. The van der Waals surface area contributed by atoms with Gasteiger partial charge in [-0.3, -0.25) is 4.90 Å². The molecule has 0 spiro atoms. The predicted octanol–water partition coefficient (Wildman–Crippen LogP) is 3.00. The molecule has 9 heteroatoms. The molecule has 1 aliphatic heterocycles. The van der Waals surface area contributed by atoms with Gasteiger partial charge in [-0.2, -0.15) is 13.2 Å². The molecule has 0 bridgehead atoms. The van der Waals surface area contributed by atoms with Gasteiger partial charge in [0.05, 0.1) is 11.3 Å². The van der Waals surface area contributed by atoms with Crippen molar-refractivity contribution in [1.82, 2.24) is 19.5 Å². The normalized spacial score (nSPS) is 17.3. The van der Waals surface area contributed by atoms with E-state index in [2.05, 4.69) is 19.5 Å². The van der Waals surface area contributed by atoms with E-state index in [9.17, 15) is 13.2 Å². The van der Waals surface area contributed by atoms with Crippen molar-refractivity contribution in [2.24, 2.45) is 0 Å². The lowest BCUT2D eigenvalue weighted by Crippen LogP contribution is -2.38. The SMILES string of the molecule is FC(F)(F)c1ccc(OC2CCN(Cc3csnn3)CC2)nc1. The number of hydrogen-bond donors (Lipinski definition) is 0. The zero-order chi connectivity index (χ0) is 16.3. The van der Waals surface area contributed by atoms with Gasteiger partial charge in [-0.05, 0) is 30.4 Å². The molecule has 3 rings (SSSR count). The molecule has 0 radical (unpaired) electrons. The number of halogens is 3. The molecule has 0 aliphatic carbocycles. The lowest BCUT2D eigenvalue weighted by Gasteiger charge is -2.31. The van der Waals surface area contributed by atoms with Crippen molar-refractivity contribution < 1.29 is 17.9 Å². The quantitative estimate of drug-likeness (QED) is 0.853. The van der Waals surface area contributed by atoms with Gasteiger partial charge < -0.3 is 4.74 Å². The number of piperidine rings is 1. The van der Waals surface area contributed by atoms with Crippen molar-refractivity contribution in [3.63, 3.8) is 0 Å². The highest BCUT2D eigenvalue weighted by molar-refractivity contribution is 7.03. The van der Waals surface area contributed by atoms with Gasteiger partial charge in [0.1, 0.15) is 6.10 Å². The first kappa shape index (κ1) is 16.1. The minimum Gasteiger partial charge on any atom is -0.474 e. The molecule has 0 N–H and O–H groups in total. The van der Waals surface area contributed by atoms with Gasteiger partial charge >= 0.3 is 6.18 Å². The van der Waals surface area contributed by atoms with Crippen LogP contribution in [0.5, 0.6) is 5.88 Å². The van der Waals surface area contributed by atoms with Gasteiger partial charge in [0, 0.05) is 37.3 Å². The summed E-state index contributed by atoms with van der Waals surface area (Å²) < 4.78 is 47.0. The number of likely N-dealkylation sites (tertiary alicyclic amines) is 1. The molecule has 0 unspecified atom stereocenters. The summed E-state index contributed by atoms with van der Waals surface area (Å²) in [6, 6.07) is 2.27. The van der Waals surface area contributed by atoms with Crippen LogP contribution in [0.4, 0.5) is 13.2 Å². The molecule has 1 aliphatic rings. The second-order valence-electron chi connectivity index (χ2n) is 5.37. The van der Waals surface area contributed by atoms with E-state index >= 15 is 0 Å². The van der Waals surface area contributed by atoms with Gasteiger partial charge in [-0.15, -0.1) is 5.10 Å².